The van der Waals surface area contributed by atoms with Crippen LogP contribution < -0.4 is 10.4 Å². The Kier molecular flexibility index (Phi) is 4.60. The van der Waals surface area contributed by atoms with Crippen molar-refractivity contribution in [2.45, 2.75) is 41.3 Å². The van der Waals surface area contributed by atoms with E-state index in [1.165, 1.54) is 28.7 Å². The van der Waals surface area contributed by atoms with Gasteiger partial charge >= 0.3 is 0 Å². The van der Waals surface area contributed by atoms with Gasteiger partial charge in [-0.1, -0.05) is 24.3 Å². The summed E-state index contributed by atoms with van der Waals surface area (Å²) in [4.78, 5) is 28.6. The quantitative estimate of drug-likeness (QED) is 0.541. The summed E-state index contributed by atoms with van der Waals surface area (Å²) < 4.78 is 37.2. The van der Waals surface area contributed by atoms with Crippen molar-refractivity contribution < 1.29 is 23.4 Å². The van der Waals surface area contributed by atoms with Gasteiger partial charge in [0.15, 0.2) is 23.1 Å². The predicted octanol–water partition coefficient (Wildman–Crippen LogP) is 3.51. The Morgan fingerprint density at radius 3 is 2.67 bits per heavy atom. The molecule has 1 spiro atoms. The highest BCUT2D eigenvalue weighted by Crippen LogP contribution is 2.48. The number of ether oxygens (including phenoxy) is 1. The van der Waals surface area contributed by atoms with E-state index in [0.717, 1.165) is 29.4 Å². The van der Waals surface area contributed by atoms with E-state index in [9.17, 15) is 19.1 Å². The van der Waals surface area contributed by atoms with Crippen LogP contribution in [0.5, 0.6) is 5.75 Å². The molecule has 1 aromatic heterocycles. The van der Waals surface area contributed by atoms with Crippen molar-refractivity contribution in [3.8, 4) is 5.75 Å². The van der Waals surface area contributed by atoms with E-state index in [2.05, 4.69) is 0 Å². The lowest BCUT2D eigenvalue weighted by Crippen LogP contribution is -2.68. The third-order valence-electron chi connectivity index (χ3n) is 7.61. The average Bonchev–Trinajstić information content (AvgIpc) is 3.66. The first-order valence-corrected chi connectivity index (χ1v) is 12.7. The van der Waals surface area contributed by atoms with Crippen LogP contribution in [0.4, 0.5) is 8.78 Å². The summed E-state index contributed by atoms with van der Waals surface area (Å²) in [6, 6.07) is 10.9. The molecule has 1 amide bonds. The fourth-order valence-electron chi connectivity index (χ4n) is 5.61. The van der Waals surface area contributed by atoms with E-state index in [1.807, 2.05) is 29.3 Å². The van der Waals surface area contributed by atoms with Gasteiger partial charge in [0.2, 0.25) is 5.43 Å². The minimum atomic E-state index is -0.923. The number of nitrogens with zero attached hydrogens (tertiary/aromatic N) is 3. The van der Waals surface area contributed by atoms with E-state index in [-0.39, 0.29) is 23.6 Å². The zero-order valence-corrected chi connectivity index (χ0v) is 19.8. The predicted molar refractivity (Wildman–Crippen MR) is 128 cm³/mol. The fraction of sp³-hybridized carbons (Fsp3) is 0.308. The maximum absolute atomic E-state index is 15.2. The van der Waals surface area contributed by atoms with Crippen molar-refractivity contribution >= 4 is 17.7 Å². The zero-order chi connectivity index (χ0) is 24.8. The summed E-state index contributed by atoms with van der Waals surface area (Å²) in [5.74, 6) is -2.68. The maximum Gasteiger partial charge on any atom is 0.278 e. The normalized spacial score (nSPS) is 23.4. The number of carbonyl (C=O) groups excluding carboxylic acids is 1. The molecule has 184 valence electrons. The van der Waals surface area contributed by atoms with Gasteiger partial charge in [-0.25, -0.2) is 8.78 Å². The van der Waals surface area contributed by atoms with Gasteiger partial charge in [0.05, 0.1) is 24.8 Å². The second-order valence-corrected chi connectivity index (χ2v) is 10.7. The van der Waals surface area contributed by atoms with Gasteiger partial charge in [-0.15, -0.1) is 11.8 Å². The summed E-state index contributed by atoms with van der Waals surface area (Å²) in [6.45, 7) is 0.520. The van der Waals surface area contributed by atoms with Crippen LogP contribution in [0, 0.1) is 11.6 Å². The van der Waals surface area contributed by atoms with Gasteiger partial charge in [-0.3, -0.25) is 19.3 Å². The second-order valence-electron chi connectivity index (χ2n) is 9.67. The molecule has 36 heavy (non-hydrogen) atoms. The number of pyridine rings is 1. The lowest BCUT2D eigenvalue weighted by molar-refractivity contribution is -0.0790. The van der Waals surface area contributed by atoms with Crippen molar-refractivity contribution in [1.82, 2.24) is 9.58 Å². The molecule has 0 bridgehead atoms. The van der Waals surface area contributed by atoms with Crippen molar-refractivity contribution in [2.24, 2.45) is 0 Å². The van der Waals surface area contributed by atoms with Gasteiger partial charge in [0.1, 0.15) is 6.17 Å². The zero-order valence-electron chi connectivity index (χ0n) is 19.0. The second kappa shape index (κ2) is 7.57. The van der Waals surface area contributed by atoms with Crippen LogP contribution in [0.25, 0.3) is 0 Å². The standard InChI is InChI=1S/C26H21F2N3O4S/c27-17-6-5-14-16(21(17)28)12-36-19-4-2-1-3-15(19)22(14)31-20-11-35-26(8-9-26)13-29(20)25(34)23-24(33)18(32)7-10-30(23)31/h1-7,10,20,22,33H,8-9,11-13H2/t20-,22+/m1/s1. The Morgan fingerprint density at radius 1 is 1.06 bits per heavy atom. The van der Waals surface area contributed by atoms with Crippen LogP contribution >= 0.6 is 11.8 Å². The molecule has 0 unspecified atom stereocenters. The number of aromatic nitrogens is 1. The molecule has 2 atom stereocenters. The molecular formula is C26H21F2N3O4S. The molecule has 1 N–H and O–H groups in total. The molecule has 7 rings (SSSR count). The van der Waals surface area contributed by atoms with Crippen molar-refractivity contribution in [2.75, 3.05) is 18.2 Å². The summed E-state index contributed by atoms with van der Waals surface area (Å²) in [5.41, 5.74) is 0.429. The van der Waals surface area contributed by atoms with Crippen molar-refractivity contribution in [3.63, 3.8) is 0 Å². The topological polar surface area (TPSA) is 75.0 Å². The number of morpholine rings is 1. The number of benzene rings is 2. The first-order chi connectivity index (χ1) is 17.4. The highest BCUT2D eigenvalue weighted by molar-refractivity contribution is 7.98. The largest absolute Gasteiger partial charge is 0.502 e. The summed E-state index contributed by atoms with van der Waals surface area (Å²) in [7, 11) is 0. The number of rotatable bonds is 1. The lowest BCUT2D eigenvalue weighted by atomic mass is 9.93. The highest BCUT2D eigenvalue weighted by atomic mass is 32.2. The van der Waals surface area contributed by atoms with Gasteiger partial charge < -0.3 is 14.7 Å². The summed E-state index contributed by atoms with van der Waals surface area (Å²) in [5, 5.41) is 12.6. The Morgan fingerprint density at radius 2 is 1.86 bits per heavy atom. The van der Waals surface area contributed by atoms with E-state index < -0.39 is 46.5 Å². The highest BCUT2D eigenvalue weighted by Gasteiger charge is 2.55. The van der Waals surface area contributed by atoms with Crippen LogP contribution in [0.3, 0.4) is 0 Å². The minimum Gasteiger partial charge on any atom is -0.502 e. The van der Waals surface area contributed by atoms with Crippen molar-refractivity contribution in [1.29, 1.82) is 0 Å². The molecule has 2 fully saturated rings. The van der Waals surface area contributed by atoms with E-state index >= 15 is 4.39 Å². The van der Waals surface area contributed by atoms with Gasteiger partial charge in [0, 0.05) is 28.5 Å². The molecule has 4 heterocycles. The van der Waals surface area contributed by atoms with E-state index in [4.69, 9.17) is 4.74 Å². The van der Waals surface area contributed by atoms with Gasteiger partial charge in [-0.05, 0) is 36.1 Å². The molecule has 1 saturated carbocycles. The number of fused-ring (bicyclic) bond motifs is 4. The molecule has 7 nitrogen and oxygen atoms in total. The van der Waals surface area contributed by atoms with Crippen LogP contribution in [-0.2, 0) is 10.5 Å². The van der Waals surface area contributed by atoms with E-state index in [1.54, 1.807) is 11.0 Å². The smallest absolute Gasteiger partial charge is 0.278 e. The number of aromatic hydroxyl groups is 1. The van der Waals surface area contributed by atoms with Crippen LogP contribution in [0.15, 0.2) is 58.4 Å². The third-order valence-corrected chi connectivity index (χ3v) is 8.73. The Balaban J connectivity index is 1.51. The molecule has 2 aromatic carbocycles. The van der Waals surface area contributed by atoms with Gasteiger partial charge in [0.25, 0.3) is 5.91 Å². The number of thioether (sulfide) groups is 1. The number of halogens is 2. The summed E-state index contributed by atoms with van der Waals surface area (Å²) in [6.07, 6.45) is 2.51. The molecular weight excluding hydrogens is 488 g/mol. The monoisotopic (exact) mass is 509 g/mol. The first kappa shape index (κ1) is 21.9. The number of carbonyl (C=O) groups is 1. The third kappa shape index (κ3) is 3.00. The SMILES string of the molecule is O=C1c2c(O)c(=O)ccn2N([C@@H]2c3ccccc3SCc3c2ccc(F)c3F)[C@@H]2COC3(CC3)CN12. The molecule has 0 radical (unpaired) electrons. The molecule has 10 heteroatoms. The molecule has 4 aliphatic rings. The lowest BCUT2D eigenvalue weighted by Gasteiger charge is -2.53. The average molecular weight is 510 g/mol. The fourth-order valence-corrected chi connectivity index (χ4v) is 6.72. The van der Waals surface area contributed by atoms with Crippen LogP contribution in [0.2, 0.25) is 0 Å². The number of hydrogen-bond donors (Lipinski definition) is 1. The molecule has 3 aromatic rings. The Bertz CT molecular complexity index is 1500. The van der Waals surface area contributed by atoms with Crippen molar-refractivity contribution in [3.05, 3.63) is 92.9 Å². The maximum atomic E-state index is 15.2. The van der Waals surface area contributed by atoms with Gasteiger partial charge in [-0.2, -0.15) is 0 Å². The first-order valence-electron chi connectivity index (χ1n) is 11.8. The molecule has 1 saturated heterocycles. The Labute approximate surface area is 208 Å². The minimum absolute atomic E-state index is 0.144. The van der Waals surface area contributed by atoms with Crippen LogP contribution in [0.1, 0.15) is 46.1 Å². The van der Waals surface area contributed by atoms with Crippen LogP contribution in [-0.4, -0.2) is 45.5 Å². The Hall–Kier alpha value is -3.37. The number of amides is 1. The number of hydrogen-bond acceptors (Lipinski definition) is 6. The molecule has 1 aliphatic carbocycles. The summed E-state index contributed by atoms with van der Waals surface area (Å²) >= 11 is 1.42. The van der Waals surface area contributed by atoms with E-state index in [0.29, 0.717) is 12.1 Å². The molecule has 3 aliphatic heterocycles.